The predicted molar refractivity (Wildman–Crippen MR) is 155 cm³/mol. The standard InChI is InChI=1S/C31H27ClN4O3/c1-38-27-15-7-22(8-16-27)29-19-30(23-9-17-28(39-2)18-10-23)36(35-29)26-13-3-21(4-14-26)20-33-34-31(37)24-5-11-25(32)12-6-24/h3-18,20,30H,19H2,1-2H3,(H,34,37)/b33-20+. The first-order valence-electron chi connectivity index (χ1n) is 12.4. The van der Waals surface area contributed by atoms with Crippen LogP contribution in [-0.4, -0.2) is 32.1 Å². The van der Waals surface area contributed by atoms with Crippen LogP contribution in [-0.2, 0) is 0 Å². The van der Waals surface area contributed by atoms with Gasteiger partial charge in [0.05, 0.1) is 37.9 Å². The minimum absolute atomic E-state index is 0.0196. The molecule has 0 spiro atoms. The van der Waals surface area contributed by atoms with E-state index in [-0.39, 0.29) is 11.9 Å². The van der Waals surface area contributed by atoms with E-state index >= 15 is 0 Å². The van der Waals surface area contributed by atoms with Gasteiger partial charge in [0.15, 0.2) is 0 Å². The molecule has 5 rings (SSSR count). The molecule has 1 atom stereocenters. The zero-order valence-electron chi connectivity index (χ0n) is 21.5. The van der Waals surface area contributed by atoms with Crippen LogP contribution < -0.4 is 19.9 Å². The Morgan fingerprint density at radius 2 is 1.51 bits per heavy atom. The summed E-state index contributed by atoms with van der Waals surface area (Å²) in [6.07, 6.45) is 2.35. The summed E-state index contributed by atoms with van der Waals surface area (Å²) in [4.78, 5) is 12.3. The number of hydrazone groups is 2. The highest BCUT2D eigenvalue weighted by molar-refractivity contribution is 6.30. The van der Waals surface area contributed by atoms with Gasteiger partial charge in [-0.1, -0.05) is 35.9 Å². The molecule has 1 N–H and O–H groups in total. The van der Waals surface area contributed by atoms with Crippen LogP contribution in [0.1, 0.15) is 39.5 Å². The summed E-state index contributed by atoms with van der Waals surface area (Å²) in [6, 6.07) is 30.6. The topological polar surface area (TPSA) is 75.5 Å². The van der Waals surface area contributed by atoms with Crippen molar-refractivity contribution in [3.05, 3.63) is 124 Å². The second-order valence-electron chi connectivity index (χ2n) is 8.91. The van der Waals surface area contributed by atoms with E-state index in [1.165, 1.54) is 0 Å². The minimum Gasteiger partial charge on any atom is -0.497 e. The number of nitrogens with zero attached hydrogens (tertiary/aromatic N) is 3. The minimum atomic E-state index is -0.306. The van der Waals surface area contributed by atoms with Crippen molar-refractivity contribution >= 4 is 35.1 Å². The van der Waals surface area contributed by atoms with Gasteiger partial charge in [-0.05, 0) is 89.5 Å². The van der Waals surface area contributed by atoms with E-state index in [0.717, 1.165) is 46.0 Å². The highest BCUT2D eigenvalue weighted by atomic mass is 35.5. The third kappa shape index (κ3) is 6.10. The zero-order chi connectivity index (χ0) is 27.2. The van der Waals surface area contributed by atoms with E-state index in [1.54, 1.807) is 44.7 Å². The van der Waals surface area contributed by atoms with E-state index in [1.807, 2.05) is 65.7 Å². The third-order valence-corrected chi connectivity index (χ3v) is 6.73. The van der Waals surface area contributed by atoms with Gasteiger partial charge in [0.2, 0.25) is 0 Å². The van der Waals surface area contributed by atoms with Gasteiger partial charge in [-0.3, -0.25) is 9.80 Å². The molecular formula is C31H27ClN4O3. The van der Waals surface area contributed by atoms with Crippen molar-refractivity contribution in [2.75, 3.05) is 19.2 Å². The number of amides is 1. The summed E-state index contributed by atoms with van der Waals surface area (Å²) < 4.78 is 10.7. The van der Waals surface area contributed by atoms with Gasteiger partial charge < -0.3 is 9.47 Å². The Bertz CT molecular complexity index is 1480. The predicted octanol–water partition coefficient (Wildman–Crippen LogP) is 6.48. The van der Waals surface area contributed by atoms with Crippen molar-refractivity contribution in [1.29, 1.82) is 0 Å². The third-order valence-electron chi connectivity index (χ3n) is 6.48. The largest absolute Gasteiger partial charge is 0.497 e. The number of anilines is 1. The monoisotopic (exact) mass is 538 g/mol. The Kier molecular flexibility index (Phi) is 7.89. The van der Waals surface area contributed by atoms with Crippen LogP contribution in [0.15, 0.2) is 107 Å². The Labute approximate surface area is 232 Å². The molecule has 4 aromatic rings. The van der Waals surface area contributed by atoms with Crippen molar-refractivity contribution in [3.8, 4) is 11.5 Å². The van der Waals surface area contributed by atoms with E-state index in [0.29, 0.717) is 10.6 Å². The maximum absolute atomic E-state index is 12.3. The number of halogens is 1. The lowest BCUT2D eigenvalue weighted by Crippen LogP contribution is -2.18. The van der Waals surface area contributed by atoms with Crippen molar-refractivity contribution < 1.29 is 14.3 Å². The summed E-state index contributed by atoms with van der Waals surface area (Å²) in [5, 5.41) is 11.7. The molecule has 0 fully saturated rings. The number of nitrogens with one attached hydrogen (secondary N) is 1. The van der Waals surface area contributed by atoms with Crippen molar-refractivity contribution in [1.82, 2.24) is 5.43 Å². The maximum atomic E-state index is 12.3. The number of carbonyl (C=O) groups excluding carboxylic acids is 1. The number of benzene rings is 4. The number of hydrogen-bond donors (Lipinski definition) is 1. The molecule has 0 radical (unpaired) electrons. The van der Waals surface area contributed by atoms with Crippen LogP contribution in [0.5, 0.6) is 11.5 Å². The first-order valence-corrected chi connectivity index (χ1v) is 12.8. The number of methoxy groups -OCH3 is 2. The van der Waals surface area contributed by atoms with E-state index in [9.17, 15) is 4.79 Å². The van der Waals surface area contributed by atoms with Crippen LogP contribution >= 0.6 is 11.6 Å². The molecule has 0 aromatic heterocycles. The molecule has 0 saturated carbocycles. The molecule has 1 heterocycles. The average Bonchev–Trinajstić information content (AvgIpc) is 3.43. The van der Waals surface area contributed by atoms with Crippen LogP contribution in [0.25, 0.3) is 0 Å². The van der Waals surface area contributed by atoms with Gasteiger partial charge in [0, 0.05) is 17.0 Å². The van der Waals surface area contributed by atoms with Crippen molar-refractivity contribution in [3.63, 3.8) is 0 Å². The molecule has 39 heavy (non-hydrogen) atoms. The smallest absolute Gasteiger partial charge is 0.271 e. The van der Waals surface area contributed by atoms with Gasteiger partial charge in [0.1, 0.15) is 11.5 Å². The summed E-state index contributed by atoms with van der Waals surface area (Å²) >= 11 is 5.88. The fourth-order valence-electron chi connectivity index (χ4n) is 4.34. The van der Waals surface area contributed by atoms with Crippen LogP contribution in [0.3, 0.4) is 0 Å². The Morgan fingerprint density at radius 3 is 2.13 bits per heavy atom. The van der Waals surface area contributed by atoms with Gasteiger partial charge in [0.25, 0.3) is 5.91 Å². The molecule has 0 aliphatic carbocycles. The Balaban J connectivity index is 1.35. The number of hydrogen-bond acceptors (Lipinski definition) is 6. The highest BCUT2D eigenvalue weighted by Crippen LogP contribution is 2.37. The lowest BCUT2D eigenvalue weighted by molar-refractivity contribution is 0.0955. The summed E-state index contributed by atoms with van der Waals surface area (Å²) in [5.74, 6) is 1.31. The molecule has 0 saturated heterocycles. The number of carbonyl (C=O) groups is 1. The molecule has 0 bridgehead atoms. The van der Waals surface area contributed by atoms with Crippen LogP contribution in [0, 0.1) is 0 Å². The molecule has 1 unspecified atom stereocenters. The van der Waals surface area contributed by atoms with Crippen molar-refractivity contribution in [2.45, 2.75) is 12.5 Å². The van der Waals surface area contributed by atoms with Gasteiger partial charge in [-0.25, -0.2) is 5.43 Å². The number of ether oxygens (including phenoxy) is 2. The van der Waals surface area contributed by atoms with Crippen molar-refractivity contribution in [2.24, 2.45) is 10.2 Å². The molecule has 7 nitrogen and oxygen atoms in total. The molecule has 1 aliphatic heterocycles. The van der Waals surface area contributed by atoms with Gasteiger partial charge >= 0.3 is 0 Å². The molecule has 4 aromatic carbocycles. The zero-order valence-corrected chi connectivity index (χ0v) is 22.3. The first kappa shape index (κ1) is 26.0. The average molecular weight is 539 g/mol. The SMILES string of the molecule is COc1ccc(C2=NN(c3ccc(/C=N/NC(=O)c4ccc(Cl)cc4)cc3)C(c3ccc(OC)cc3)C2)cc1. The quantitative estimate of drug-likeness (QED) is 0.206. The van der Waals surface area contributed by atoms with E-state index < -0.39 is 0 Å². The lowest BCUT2D eigenvalue weighted by Gasteiger charge is -2.24. The summed E-state index contributed by atoms with van der Waals surface area (Å²) in [6.45, 7) is 0. The maximum Gasteiger partial charge on any atom is 0.271 e. The summed E-state index contributed by atoms with van der Waals surface area (Å²) in [5.41, 5.74) is 8.00. The number of rotatable bonds is 8. The molecule has 196 valence electrons. The molecule has 1 aliphatic rings. The molecule has 8 heteroatoms. The fourth-order valence-corrected chi connectivity index (χ4v) is 4.46. The normalized spacial score (nSPS) is 14.8. The van der Waals surface area contributed by atoms with Crippen LogP contribution in [0.4, 0.5) is 5.69 Å². The Morgan fingerprint density at radius 1 is 0.897 bits per heavy atom. The molecular weight excluding hydrogens is 512 g/mol. The van der Waals surface area contributed by atoms with E-state index in [2.05, 4.69) is 22.7 Å². The van der Waals surface area contributed by atoms with E-state index in [4.69, 9.17) is 26.2 Å². The Hall–Kier alpha value is -4.62. The second kappa shape index (κ2) is 11.8. The van der Waals surface area contributed by atoms with Gasteiger partial charge in [-0.15, -0.1) is 0 Å². The first-order chi connectivity index (χ1) is 19.0. The van der Waals surface area contributed by atoms with Gasteiger partial charge in [-0.2, -0.15) is 10.2 Å². The summed E-state index contributed by atoms with van der Waals surface area (Å²) in [7, 11) is 3.32. The fraction of sp³-hybridized carbons (Fsp3) is 0.129. The highest BCUT2D eigenvalue weighted by Gasteiger charge is 2.30. The van der Waals surface area contributed by atoms with Crippen LogP contribution in [0.2, 0.25) is 5.02 Å². The molecule has 1 amide bonds. The second-order valence-corrected chi connectivity index (χ2v) is 9.35. The lowest BCUT2D eigenvalue weighted by atomic mass is 9.98.